The fourth-order valence-electron chi connectivity index (χ4n) is 4.43. The fraction of sp³-hybridized carbons (Fsp3) is 0.481. The van der Waals surface area contributed by atoms with E-state index in [9.17, 15) is 14.0 Å². The largest absolute Gasteiger partial charge is 0.377 e. The van der Waals surface area contributed by atoms with Gasteiger partial charge in [-0.1, -0.05) is 46.1 Å². The summed E-state index contributed by atoms with van der Waals surface area (Å²) < 4.78 is 13.5. The van der Waals surface area contributed by atoms with Crippen molar-refractivity contribution in [1.29, 1.82) is 0 Å². The van der Waals surface area contributed by atoms with Crippen molar-refractivity contribution in [2.24, 2.45) is 5.41 Å². The van der Waals surface area contributed by atoms with Crippen LogP contribution in [0.5, 0.6) is 0 Å². The number of hydrogen-bond donors (Lipinski definition) is 1. The van der Waals surface area contributed by atoms with Gasteiger partial charge in [0.25, 0.3) is 5.91 Å². The summed E-state index contributed by atoms with van der Waals surface area (Å²) >= 11 is 0. The van der Waals surface area contributed by atoms with Crippen molar-refractivity contribution < 1.29 is 14.0 Å². The molecule has 2 aromatic carbocycles. The predicted molar refractivity (Wildman–Crippen MR) is 132 cm³/mol. The molecule has 0 spiro atoms. The van der Waals surface area contributed by atoms with E-state index in [-0.39, 0.29) is 23.4 Å². The first kappa shape index (κ1) is 24.7. The Kier molecular flexibility index (Phi) is 7.77. The Morgan fingerprint density at radius 3 is 2.33 bits per heavy atom. The third kappa shape index (κ3) is 6.34. The van der Waals surface area contributed by atoms with Gasteiger partial charge in [0.05, 0.1) is 0 Å². The number of halogens is 1. The van der Waals surface area contributed by atoms with E-state index in [1.165, 1.54) is 24.6 Å². The molecule has 0 radical (unpaired) electrons. The van der Waals surface area contributed by atoms with Gasteiger partial charge < -0.3 is 15.1 Å². The first-order valence-corrected chi connectivity index (χ1v) is 11.7. The van der Waals surface area contributed by atoms with Crippen LogP contribution < -0.4 is 10.2 Å². The van der Waals surface area contributed by atoms with Crippen LogP contribution in [-0.2, 0) is 11.3 Å². The number of nitrogens with one attached hydrogen (secondary N) is 1. The SMILES string of the molecule is CN(C)c1ccc(NC(=O)c2cccc(F)c2)cc1CN(C(=O)C(C)(C)C)C1CCCCC1. The van der Waals surface area contributed by atoms with E-state index >= 15 is 0 Å². The zero-order valence-electron chi connectivity index (χ0n) is 20.5. The van der Waals surface area contributed by atoms with Crippen molar-refractivity contribution in [2.45, 2.75) is 65.5 Å². The van der Waals surface area contributed by atoms with Crippen molar-refractivity contribution in [1.82, 2.24) is 4.90 Å². The second-order valence-corrected chi connectivity index (χ2v) is 10.2. The monoisotopic (exact) mass is 453 g/mol. The molecule has 2 aromatic rings. The maximum Gasteiger partial charge on any atom is 0.255 e. The van der Waals surface area contributed by atoms with Crippen molar-refractivity contribution >= 4 is 23.2 Å². The van der Waals surface area contributed by atoms with E-state index < -0.39 is 11.2 Å². The average molecular weight is 454 g/mol. The molecule has 3 rings (SSSR count). The zero-order valence-corrected chi connectivity index (χ0v) is 20.5. The van der Waals surface area contributed by atoms with E-state index in [1.54, 1.807) is 6.07 Å². The average Bonchev–Trinajstić information content (AvgIpc) is 2.77. The number of hydrogen-bond acceptors (Lipinski definition) is 3. The Labute approximate surface area is 197 Å². The molecule has 2 amide bonds. The predicted octanol–water partition coefficient (Wildman–Crippen LogP) is 5.85. The molecule has 0 atom stereocenters. The lowest BCUT2D eigenvalue weighted by molar-refractivity contribution is -0.143. The highest BCUT2D eigenvalue weighted by atomic mass is 19.1. The molecule has 1 aliphatic carbocycles. The summed E-state index contributed by atoms with van der Waals surface area (Å²) in [5, 5.41) is 2.88. The van der Waals surface area contributed by atoms with Crippen LogP contribution in [0.4, 0.5) is 15.8 Å². The van der Waals surface area contributed by atoms with Crippen LogP contribution in [0.15, 0.2) is 42.5 Å². The van der Waals surface area contributed by atoms with Crippen molar-refractivity contribution in [3.8, 4) is 0 Å². The second-order valence-electron chi connectivity index (χ2n) is 10.2. The van der Waals surface area contributed by atoms with Crippen LogP contribution >= 0.6 is 0 Å². The summed E-state index contributed by atoms with van der Waals surface area (Å²) in [5.74, 6) is -0.670. The number of amides is 2. The van der Waals surface area contributed by atoms with E-state index in [2.05, 4.69) is 5.32 Å². The molecule has 5 nitrogen and oxygen atoms in total. The third-order valence-electron chi connectivity index (χ3n) is 6.16. The Morgan fingerprint density at radius 1 is 1.03 bits per heavy atom. The number of carbonyl (C=O) groups is 2. The molecule has 0 unspecified atom stereocenters. The molecule has 1 N–H and O–H groups in total. The lowest BCUT2D eigenvalue weighted by Gasteiger charge is -2.39. The van der Waals surface area contributed by atoms with Crippen LogP contribution in [0, 0.1) is 11.2 Å². The third-order valence-corrected chi connectivity index (χ3v) is 6.16. The molecule has 0 heterocycles. The van der Waals surface area contributed by atoms with Gasteiger partial charge in [-0.15, -0.1) is 0 Å². The fourth-order valence-corrected chi connectivity index (χ4v) is 4.43. The molecule has 6 heteroatoms. The number of rotatable bonds is 6. The standard InChI is InChI=1S/C27H36FN3O2/c1-27(2,3)26(33)31(23-12-7-6-8-13-23)18-20-17-22(14-15-24(20)30(4)5)29-25(32)19-10-9-11-21(28)16-19/h9-11,14-17,23H,6-8,12-13,18H2,1-5H3,(H,29,32). The summed E-state index contributed by atoms with van der Waals surface area (Å²) in [7, 11) is 3.95. The summed E-state index contributed by atoms with van der Waals surface area (Å²) in [6.07, 6.45) is 5.55. The Balaban J connectivity index is 1.91. The lowest BCUT2D eigenvalue weighted by Crippen LogP contribution is -2.46. The summed E-state index contributed by atoms with van der Waals surface area (Å²) in [4.78, 5) is 30.2. The van der Waals surface area contributed by atoms with E-state index in [4.69, 9.17) is 0 Å². The van der Waals surface area contributed by atoms with Crippen LogP contribution in [-0.4, -0.2) is 36.9 Å². The van der Waals surface area contributed by atoms with E-state index in [0.717, 1.165) is 36.9 Å². The first-order valence-electron chi connectivity index (χ1n) is 11.7. The van der Waals surface area contributed by atoms with Crippen LogP contribution in [0.1, 0.15) is 68.8 Å². The van der Waals surface area contributed by atoms with E-state index in [1.807, 2.05) is 62.9 Å². The normalized spacial score (nSPS) is 14.6. The molecule has 1 fully saturated rings. The molecule has 1 saturated carbocycles. The summed E-state index contributed by atoms with van der Waals surface area (Å²) in [5.41, 5.74) is 2.39. The van der Waals surface area contributed by atoms with Gasteiger partial charge in [-0.25, -0.2) is 4.39 Å². The zero-order chi connectivity index (χ0) is 24.2. The second kappa shape index (κ2) is 10.4. The molecule has 0 aliphatic heterocycles. The Morgan fingerprint density at radius 2 is 1.73 bits per heavy atom. The van der Waals surface area contributed by atoms with Crippen LogP contribution in [0.25, 0.3) is 0 Å². The minimum atomic E-state index is -0.473. The molecule has 178 valence electrons. The quantitative estimate of drug-likeness (QED) is 0.597. The molecular formula is C27H36FN3O2. The number of benzene rings is 2. The molecular weight excluding hydrogens is 417 g/mol. The van der Waals surface area contributed by atoms with E-state index in [0.29, 0.717) is 12.2 Å². The summed E-state index contributed by atoms with van der Waals surface area (Å²) in [6.45, 7) is 6.38. The molecule has 0 saturated heterocycles. The van der Waals surface area contributed by atoms with Crippen LogP contribution in [0.3, 0.4) is 0 Å². The molecule has 0 bridgehead atoms. The maximum atomic E-state index is 13.5. The first-order chi connectivity index (χ1) is 15.6. The highest BCUT2D eigenvalue weighted by Crippen LogP contribution is 2.32. The highest BCUT2D eigenvalue weighted by molar-refractivity contribution is 6.04. The van der Waals surface area contributed by atoms with Gasteiger partial charge in [0.2, 0.25) is 5.91 Å². The molecule has 1 aliphatic rings. The van der Waals surface area contributed by atoms with Crippen molar-refractivity contribution in [3.63, 3.8) is 0 Å². The van der Waals surface area contributed by atoms with Gasteiger partial charge in [-0.2, -0.15) is 0 Å². The topological polar surface area (TPSA) is 52.7 Å². The minimum absolute atomic E-state index is 0.147. The molecule has 33 heavy (non-hydrogen) atoms. The lowest BCUT2D eigenvalue weighted by atomic mass is 9.89. The van der Waals surface area contributed by atoms with Gasteiger partial charge in [0.1, 0.15) is 5.82 Å². The number of carbonyl (C=O) groups excluding carboxylic acids is 2. The molecule has 0 aromatic heterocycles. The number of nitrogens with zero attached hydrogens (tertiary/aromatic N) is 2. The van der Waals surface area contributed by atoms with Gasteiger partial charge in [-0.3, -0.25) is 9.59 Å². The highest BCUT2D eigenvalue weighted by Gasteiger charge is 2.33. The van der Waals surface area contributed by atoms with Gasteiger partial charge >= 0.3 is 0 Å². The van der Waals surface area contributed by atoms with Crippen molar-refractivity contribution in [3.05, 3.63) is 59.4 Å². The summed E-state index contributed by atoms with van der Waals surface area (Å²) in [6, 6.07) is 11.6. The number of anilines is 2. The Hall–Kier alpha value is -2.89. The van der Waals surface area contributed by atoms with Crippen LogP contribution in [0.2, 0.25) is 0 Å². The smallest absolute Gasteiger partial charge is 0.255 e. The van der Waals surface area contributed by atoms with Crippen molar-refractivity contribution in [2.75, 3.05) is 24.3 Å². The van der Waals surface area contributed by atoms with Gasteiger partial charge in [0.15, 0.2) is 0 Å². The van der Waals surface area contributed by atoms with Gasteiger partial charge in [0, 0.05) is 49.0 Å². The van der Waals surface area contributed by atoms with Gasteiger partial charge in [-0.05, 0) is 54.8 Å². The Bertz CT molecular complexity index is 991. The minimum Gasteiger partial charge on any atom is -0.377 e. The maximum absolute atomic E-state index is 13.5.